The number of nitrogen functional groups attached to an aromatic ring is 1. The molecule has 1 aromatic carbocycles. The number of aromatic nitrogens is 5. The Morgan fingerprint density at radius 1 is 1.26 bits per heavy atom. The summed E-state index contributed by atoms with van der Waals surface area (Å²) in [5.41, 5.74) is 9.48. The normalized spacial score (nSPS) is 13.2. The summed E-state index contributed by atoms with van der Waals surface area (Å²) in [5.74, 6) is 0.634. The number of phosphoric ester groups is 1. The van der Waals surface area contributed by atoms with Crippen LogP contribution in [0.15, 0.2) is 65.8 Å². The van der Waals surface area contributed by atoms with Gasteiger partial charge in [-0.15, -0.1) is 0 Å². The number of benzene rings is 1. The van der Waals surface area contributed by atoms with Gasteiger partial charge >= 0.3 is 0 Å². The van der Waals surface area contributed by atoms with Crippen molar-refractivity contribution in [3.8, 4) is 11.3 Å². The zero-order valence-corrected chi connectivity index (χ0v) is 17.1. The molecule has 0 aliphatic rings. The highest BCUT2D eigenvalue weighted by molar-refractivity contribution is 7.44. The smallest absolute Gasteiger partial charge is 0.285 e. The fourth-order valence-corrected chi connectivity index (χ4v) is 3.29. The number of phosphoric acid groups is 1. The summed E-state index contributed by atoms with van der Waals surface area (Å²) < 4.78 is 23.7. The van der Waals surface area contributed by atoms with Crippen molar-refractivity contribution in [3.63, 3.8) is 0 Å². The topological polar surface area (TPSA) is 156 Å². The molecule has 0 amide bonds. The number of nitrogens with zero attached hydrogens (tertiary/aromatic N) is 5. The Bertz CT molecular complexity index is 1200. The second-order valence-corrected chi connectivity index (χ2v) is 7.97. The Morgan fingerprint density at radius 2 is 2.03 bits per heavy atom. The van der Waals surface area contributed by atoms with Gasteiger partial charge in [0.1, 0.15) is 18.2 Å². The van der Waals surface area contributed by atoms with Crippen LogP contribution in [0, 0.1) is 0 Å². The lowest BCUT2D eigenvalue weighted by Crippen LogP contribution is -2.38. The van der Waals surface area contributed by atoms with Crippen LogP contribution in [0.2, 0.25) is 0 Å². The average molecular weight is 442 g/mol. The fourth-order valence-electron chi connectivity index (χ4n) is 3.01. The van der Waals surface area contributed by atoms with E-state index < -0.39 is 14.6 Å². The maximum atomic E-state index is 10.8. The maximum absolute atomic E-state index is 10.8. The molecule has 0 aliphatic carbocycles. The van der Waals surface area contributed by atoms with E-state index in [9.17, 15) is 9.46 Å². The molecule has 4 aromatic rings. The van der Waals surface area contributed by atoms with Gasteiger partial charge in [-0.3, -0.25) is 14.8 Å². The highest BCUT2D eigenvalue weighted by atomic mass is 31.2. The third kappa shape index (κ3) is 5.41. The molecule has 31 heavy (non-hydrogen) atoms. The van der Waals surface area contributed by atoms with E-state index in [4.69, 9.17) is 15.2 Å². The minimum absolute atomic E-state index is 0.205. The number of hydrogen-bond acceptors (Lipinski definition) is 8. The van der Waals surface area contributed by atoms with E-state index in [-0.39, 0.29) is 5.82 Å². The molecule has 3 aromatic heterocycles. The summed E-state index contributed by atoms with van der Waals surface area (Å²) in [6.45, 7) is 0.183. The van der Waals surface area contributed by atoms with Crippen LogP contribution in [0.25, 0.3) is 11.3 Å². The molecule has 0 saturated carbocycles. The molecule has 160 valence electrons. The van der Waals surface area contributed by atoms with Crippen molar-refractivity contribution < 1.29 is 28.0 Å². The highest BCUT2D eigenvalue weighted by Crippen LogP contribution is 2.30. The third-order valence-corrected chi connectivity index (χ3v) is 4.96. The minimum atomic E-state index is -4.86. The summed E-state index contributed by atoms with van der Waals surface area (Å²) >= 11 is 0. The molecule has 3 heterocycles. The minimum Gasteiger partial charge on any atom is -0.756 e. The van der Waals surface area contributed by atoms with E-state index in [0.29, 0.717) is 30.0 Å². The standard InChI is InChI=1S/C19H19N6O5P/c20-19-17(2-1-7-24(19)13-29-31(26,27)28)18-9-16(23-30-18)8-14-3-5-15(6-4-14)10-25-12-21-11-22-25/h1-7,9,11-12,20H,8,10,13H2,(H2,26,27,28). The van der Waals surface area contributed by atoms with Gasteiger partial charge in [-0.2, -0.15) is 5.10 Å². The molecule has 0 fully saturated rings. The Labute approximate surface area is 177 Å². The van der Waals surface area contributed by atoms with E-state index in [1.54, 1.807) is 29.2 Å². The molecular weight excluding hydrogens is 423 g/mol. The van der Waals surface area contributed by atoms with Crippen molar-refractivity contribution in [2.24, 2.45) is 0 Å². The van der Waals surface area contributed by atoms with Crippen LogP contribution >= 0.6 is 7.82 Å². The molecule has 1 unspecified atom stereocenters. The van der Waals surface area contributed by atoms with Crippen molar-refractivity contribution in [2.75, 3.05) is 5.73 Å². The largest absolute Gasteiger partial charge is 0.756 e. The van der Waals surface area contributed by atoms with Gasteiger partial charge in [-0.25, -0.2) is 14.2 Å². The molecule has 0 radical (unpaired) electrons. The number of hydrogen-bond donors (Lipinski definition) is 2. The molecule has 3 N–H and O–H groups in total. The first-order chi connectivity index (χ1) is 14.9. The third-order valence-electron chi connectivity index (χ3n) is 4.52. The molecular formula is C19H19N6O5P. The van der Waals surface area contributed by atoms with Gasteiger partial charge in [-0.05, 0) is 23.3 Å². The number of anilines is 1. The first-order valence-corrected chi connectivity index (χ1v) is 10.7. The van der Waals surface area contributed by atoms with Crippen LogP contribution in [0.1, 0.15) is 16.8 Å². The SMILES string of the molecule is Nc1c(-c2cc(Cc3ccc(Cn4cncn4)cc3)no2)ccc[n+]1COP(=O)([O-])O. The van der Waals surface area contributed by atoms with E-state index in [1.165, 1.54) is 17.1 Å². The van der Waals surface area contributed by atoms with Gasteiger partial charge in [0.05, 0.1) is 18.4 Å². The van der Waals surface area contributed by atoms with Crippen molar-refractivity contribution in [1.29, 1.82) is 0 Å². The quantitative estimate of drug-likeness (QED) is 0.299. The lowest BCUT2D eigenvalue weighted by atomic mass is 10.1. The van der Waals surface area contributed by atoms with Gasteiger partial charge in [0.2, 0.25) is 0 Å². The van der Waals surface area contributed by atoms with E-state index in [2.05, 4.69) is 19.8 Å². The molecule has 0 aliphatic heterocycles. The molecule has 12 heteroatoms. The van der Waals surface area contributed by atoms with Gasteiger partial charge in [-0.1, -0.05) is 29.4 Å². The molecule has 0 saturated heterocycles. The van der Waals surface area contributed by atoms with Gasteiger partial charge in [0.15, 0.2) is 12.5 Å². The molecule has 11 nitrogen and oxygen atoms in total. The zero-order chi connectivity index (χ0) is 21.8. The van der Waals surface area contributed by atoms with Crippen LogP contribution in [0.3, 0.4) is 0 Å². The highest BCUT2D eigenvalue weighted by Gasteiger charge is 2.18. The maximum Gasteiger partial charge on any atom is 0.285 e. The van der Waals surface area contributed by atoms with Crippen LogP contribution in [0.4, 0.5) is 5.82 Å². The van der Waals surface area contributed by atoms with Gasteiger partial charge in [0.25, 0.3) is 13.6 Å². The lowest BCUT2D eigenvalue weighted by Gasteiger charge is -2.14. The first kappa shape index (κ1) is 20.9. The van der Waals surface area contributed by atoms with Crippen molar-refractivity contribution >= 4 is 13.6 Å². The summed E-state index contributed by atoms with van der Waals surface area (Å²) in [6.07, 6.45) is 5.25. The summed E-state index contributed by atoms with van der Waals surface area (Å²) in [7, 11) is -4.86. The summed E-state index contributed by atoms with van der Waals surface area (Å²) in [4.78, 5) is 23.5. The van der Waals surface area contributed by atoms with Crippen LogP contribution in [-0.4, -0.2) is 24.8 Å². The Kier molecular flexibility index (Phi) is 5.92. The summed E-state index contributed by atoms with van der Waals surface area (Å²) in [5, 5.41) is 8.19. The van der Waals surface area contributed by atoms with Gasteiger partial charge in [0, 0.05) is 12.5 Å². The predicted octanol–water partition coefficient (Wildman–Crippen LogP) is 0.877. The van der Waals surface area contributed by atoms with E-state index in [1.807, 2.05) is 24.3 Å². The molecule has 0 spiro atoms. The van der Waals surface area contributed by atoms with Crippen LogP contribution < -0.4 is 15.2 Å². The fraction of sp³-hybridized carbons (Fsp3) is 0.158. The van der Waals surface area contributed by atoms with Gasteiger partial charge < -0.3 is 14.3 Å². The Hall–Kier alpha value is -3.37. The number of nitrogens with two attached hydrogens (primary N) is 1. The average Bonchev–Trinajstić information content (AvgIpc) is 3.40. The van der Waals surface area contributed by atoms with Crippen LogP contribution in [-0.2, 0) is 28.8 Å². The summed E-state index contributed by atoms with van der Waals surface area (Å²) in [6, 6.07) is 13.2. The monoisotopic (exact) mass is 442 g/mol. The first-order valence-electron chi connectivity index (χ1n) is 9.20. The Morgan fingerprint density at radius 3 is 2.74 bits per heavy atom. The van der Waals surface area contributed by atoms with E-state index in [0.717, 1.165) is 11.1 Å². The molecule has 1 atom stereocenters. The predicted molar refractivity (Wildman–Crippen MR) is 106 cm³/mol. The lowest BCUT2D eigenvalue weighted by molar-refractivity contribution is -0.712. The second-order valence-electron chi connectivity index (χ2n) is 6.77. The zero-order valence-electron chi connectivity index (χ0n) is 16.2. The molecule has 0 bridgehead atoms. The van der Waals surface area contributed by atoms with Crippen LogP contribution in [0.5, 0.6) is 0 Å². The van der Waals surface area contributed by atoms with Crippen molar-refractivity contribution in [1.82, 2.24) is 19.9 Å². The number of pyridine rings is 1. The van der Waals surface area contributed by atoms with Crippen molar-refractivity contribution in [2.45, 2.75) is 19.7 Å². The second kappa shape index (κ2) is 8.78. The Balaban J connectivity index is 1.45. The van der Waals surface area contributed by atoms with E-state index >= 15 is 0 Å². The van der Waals surface area contributed by atoms with Crippen molar-refractivity contribution in [3.05, 3.63) is 78.1 Å². The molecule has 4 rings (SSSR count). The number of rotatable bonds is 8.